The van der Waals surface area contributed by atoms with Crippen LogP contribution in [0.25, 0.3) is 0 Å². The molecule has 3 rings (SSSR count). The highest BCUT2D eigenvalue weighted by Gasteiger charge is 2.31. The molecule has 0 spiro atoms. The molecule has 1 aliphatic heterocycles. The van der Waals surface area contributed by atoms with Gasteiger partial charge < -0.3 is 9.64 Å². The van der Waals surface area contributed by atoms with Gasteiger partial charge in [0.25, 0.3) is 15.9 Å². The lowest BCUT2D eigenvalue weighted by Gasteiger charge is -2.33. The average molecular weight is 443 g/mol. The highest BCUT2D eigenvalue weighted by atomic mass is 35.5. The third-order valence-electron chi connectivity index (χ3n) is 4.68. The van der Waals surface area contributed by atoms with Crippen LogP contribution in [0, 0.1) is 20.8 Å². The Morgan fingerprint density at radius 1 is 1.11 bits per heavy atom. The first-order chi connectivity index (χ1) is 13.2. The molecule has 0 saturated carbocycles. The van der Waals surface area contributed by atoms with Crippen LogP contribution in [0.15, 0.2) is 28.5 Å². The number of piperazine rings is 1. The minimum absolute atomic E-state index is 0.0575. The van der Waals surface area contributed by atoms with Crippen molar-refractivity contribution in [3.8, 4) is 5.75 Å². The highest BCUT2D eigenvalue weighted by Crippen LogP contribution is 2.29. The van der Waals surface area contributed by atoms with E-state index in [-0.39, 0.29) is 29.8 Å². The van der Waals surface area contributed by atoms with Gasteiger partial charge in [-0.3, -0.25) is 4.79 Å². The first-order valence-corrected chi connectivity index (χ1v) is 11.6. The van der Waals surface area contributed by atoms with Crippen LogP contribution >= 0.6 is 22.9 Å². The van der Waals surface area contributed by atoms with Crippen molar-refractivity contribution in [2.24, 2.45) is 0 Å². The number of benzene rings is 1. The molecule has 0 aliphatic carbocycles. The molecule has 0 atom stereocenters. The van der Waals surface area contributed by atoms with Gasteiger partial charge in [0.15, 0.2) is 6.61 Å². The molecular weight excluding hydrogens is 420 g/mol. The Balaban J connectivity index is 1.57. The SMILES string of the molecule is Cc1cc(C)c(OCC(=O)N2CCN(S(=O)(=O)c3ccc(Cl)s3)CC2)c(C)c1. The summed E-state index contributed by atoms with van der Waals surface area (Å²) in [5.41, 5.74) is 3.14. The fourth-order valence-electron chi connectivity index (χ4n) is 3.36. The number of halogens is 1. The smallest absolute Gasteiger partial charge is 0.260 e. The van der Waals surface area contributed by atoms with E-state index < -0.39 is 10.0 Å². The molecule has 0 unspecified atom stereocenters. The second-order valence-corrected chi connectivity index (χ2v) is 10.7. The number of nitrogens with zero attached hydrogens (tertiary/aromatic N) is 2. The molecule has 1 fully saturated rings. The first-order valence-electron chi connectivity index (χ1n) is 8.92. The summed E-state index contributed by atoms with van der Waals surface area (Å²) < 4.78 is 33.1. The number of rotatable bonds is 5. The van der Waals surface area contributed by atoms with E-state index in [1.165, 1.54) is 10.4 Å². The van der Waals surface area contributed by atoms with E-state index in [0.717, 1.165) is 33.8 Å². The number of amides is 1. The van der Waals surface area contributed by atoms with Gasteiger partial charge in [-0.05, 0) is 44.0 Å². The van der Waals surface area contributed by atoms with Crippen molar-refractivity contribution in [3.63, 3.8) is 0 Å². The van der Waals surface area contributed by atoms with Crippen molar-refractivity contribution in [2.45, 2.75) is 25.0 Å². The van der Waals surface area contributed by atoms with Gasteiger partial charge in [0.1, 0.15) is 9.96 Å². The number of ether oxygens (including phenoxy) is 1. The minimum Gasteiger partial charge on any atom is -0.483 e. The molecule has 1 amide bonds. The van der Waals surface area contributed by atoms with Crippen LogP contribution in [0.4, 0.5) is 0 Å². The van der Waals surface area contributed by atoms with E-state index in [0.29, 0.717) is 17.4 Å². The van der Waals surface area contributed by atoms with Crippen molar-refractivity contribution >= 4 is 38.9 Å². The lowest BCUT2D eigenvalue weighted by atomic mass is 10.1. The molecule has 1 aromatic carbocycles. The molecule has 28 heavy (non-hydrogen) atoms. The van der Waals surface area contributed by atoms with Crippen molar-refractivity contribution in [1.82, 2.24) is 9.21 Å². The van der Waals surface area contributed by atoms with E-state index in [4.69, 9.17) is 16.3 Å². The van der Waals surface area contributed by atoms with E-state index in [1.807, 2.05) is 32.9 Å². The maximum Gasteiger partial charge on any atom is 0.260 e. The molecule has 0 radical (unpaired) electrons. The summed E-state index contributed by atoms with van der Waals surface area (Å²) in [6.45, 7) is 7.07. The number of hydrogen-bond donors (Lipinski definition) is 0. The highest BCUT2D eigenvalue weighted by molar-refractivity contribution is 7.91. The molecule has 1 aromatic heterocycles. The van der Waals surface area contributed by atoms with Gasteiger partial charge in [0.05, 0.1) is 4.34 Å². The standard InChI is InChI=1S/C19H23ClN2O4S2/c1-13-10-14(2)19(15(3)11-13)26-12-17(23)21-6-8-22(9-7-21)28(24,25)18-5-4-16(20)27-18/h4-5,10-11H,6-9,12H2,1-3H3. The third kappa shape index (κ3) is 4.51. The Morgan fingerprint density at radius 3 is 2.25 bits per heavy atom. The molecule has 9 heteroatoms. The van der Waals surface area contributed by atoms with Crippen molar-refractivity contribution in [2.75, 3.05) is 32.8 Å². The molecular formula is C19H23ClN2O4S2. The van der Waals surface area contributed by atoms with Gasteiger partial charge in [-0.2, -0.15) is 4.31 Å². The fraction of sp³-hybridized carbons (Fsp3) is 0.421. The topological polar surface area (TPSA) is 66.9 Å². The summed E-state index contributed by atoms with van der Waals surface area (Å²) in [6.07, 6.45) is 0. The first kappa shape index (κ1) is 21.1. The molecule has 2 heterocycles. The lowest BCUT2D eigenvalue weighted by molar-refractivity contribution is -0.134. The number of thiophene rings is 1. The third-order valence-corrected chi connectivity index (χ3v) is 8.28. The number of carbonyl (C=O) groups excluding carboxylic acids is 1. The molecule has 1 aliphatic rings. The normalized spacial score (nSPS) is 15.6. The van der Waals surface area contributed by atoms with Gasteiger partial charge in [0.2, 0.25) is 0 Å². The van der Waals surface area contributed by atoms with Crippen LogP contribution in [-0.4, -0.2) is 56.3 Å². The Labute approximate surface area is 174 Å². The second-order valence-electron chi connectivity index (χ2n) is 6.86. The van der Waals surface area contributed by atoms with Gasteiger partial charge in [-0.25, -0.2) is 8.42 Å². The Bertz CT molecular complexity index is 957. The average Bonchev–Trinajstić information content (AvgIpc) is 3.08. The quantitative estimate of drug-likeness (QED) is 0.712. The summed E-state index contributed by atoms with van der Waals surface area (Å²) >= 11 is 6.89. The van der Waals surface area contributed by atoms with Crippen LogP contribution < -0.4 is 4.74 Å². The molecule has 0 N–H and O–H groups in total. The number of sulfonamides is 1. The number of carbonyl (C=O) groups is 1. The maximum atomic E-state index is 12.6. The minimum atomic E-state index is -3.56. The number of hydrogen-bond acceptors (Lipinski definition) is 5. The van der Waals surface area contributed by atoms with Gasteiger partial charge in [-0.15, -0.1) is 11.3 Å². The van der Waals surface area contributed by atoms with Crippen molar-refractivity contribution in [3.05, 3.63) is 45.3 Å². The van der Waals surface area contributed by atoms with Crippen LogP contribution in [0.3, 0.4) is 0 Å². The van der Waals surface area contributed by atoms with Crippen molar-refractivity contribution in [1.29, 1.82) is 0 Å². The number of aryl methyl sites for hydroxylation is 3. The van der Waals surface area contributed by atoms with E-state index >= 15 is 0 Å². The molecule has 152 valence electrons. The zero-order valence-corrected chi connectivity index (χ0v) is 18.5. The summed E-state index contributed by atoms with van der Waals surface area (Å²) in [5, 5.41) is 0. The van der Waals surface area contributed by atoms with E-state index in [1.54, 1.807) is 11.0 Å². The van der Waals surface area contributed by atoms with Gasteiger partial charge >= 0.3 is 0 Å². The molecule has 0 bridgehead atoms. The van der Waals surface area contributed by atoms with Gasteiger partial charge in [0, 0.05) is 26.2 Å². The lowest BCUT2D eigenvalue weighted by Crippen LogP contribution is -2.51. The van der Waals surface area contributed by atoms with Crippen LogP contribution in [0.2, 0.25) is 4.34 Å². The fourth-order valence-corrected chi connectivity index (χ4v) is 6.42. The maximum absolute atomic E-state index is 12.6. The van der Waals surface area contributed by atoms with Gasteiger partial charge in [-0.1, -0.05) is 29.3 Å². The monoisotopic (exact) mass is 442 g/mol. The Hall–Kier alpha value is -1.61. The zero-order valence-electron chi connectivity index (χ0n) is 16.1. The Morgan fingerprint density at radius 2 is 1.71 bits per heavy atom. The molecule has 2 aromatic rings. The zero-order chi connectivity index (χ0) is 20.5. The van der Waals surface area contributed by atoms with Crippen LogP contribution in [-0.2, 0) is 14.8 Å². The van der Waals surface area contributed by atoms with Crippen LogP contribution in [0.5, 0.6) is 5.75 Å². The van der Waals surface area contributed by atoms with E-state index in [9.17, 15) is 13.2 Å². The summed E-state index contributed by atoms with van der Waals surface area (Å²) in [5.74, 6) is 0.588. The second kappa shape index (κ2) is 8.41. The van der Waals surface area contributed by atoms with Crippen LogP contribution in [0.1, 0.15) is 16.7 Å². The molecule has 6 nitrogen and oxygen atoms in total. The predicted molar refractivity (Wildman–Crippen MR) is 111 cm³/mol. The molecule has 1 saturated heterocycles. The largest absolute Gasteiger partial charge is 0.483 e. The summed E-state index contributed by atoms with van der Waals surface area (Å²) in [4.78, 5) is 14.2. The summed E-state index contributed by atoms with van der Waals surface area (Å²) in [6, 6.07) is 7.13. The predicted octanol–water partition coefficient (Wildman–Crippen LogP) is 3.24. The summed E-state index contributed by atoms with van der Waals surface area (Å²) in [7, 11) is -3.56. The Kier molecular flexibility index (Phi) is 6.34. The van der Waals surface area contributed by atoms with Crippen molar-refractivity contribution < 1.29 is 17.9 Å². The van der Waals surface area contributed by atoms with E-state index in [2.05, 4.69) is 0 Å².